The van der Waals surface area contributed by atoms with Gasteiger partial charge in [0.1, 0.15) is 65.5 Å². The number of aromatic hydroxyl groups is 3. The number of phenols is 3. The zero-order valence-electron chi connectivity index (χ0n) is 22.1. The molecule has 2 aromatic carbocycles. The molecule has 15 nitrogen and oxygen atoms in total. The van der Waals surface area contributed by atoms with Crippen LogP contribution in [0.5, 0.6) is 28.7 Å². The molecule has 11 atom stereocenters. The van der Waals surface area contributed by atoms with Crippen LogP contribution in [-0.2, 0) is 14.2 Å². The fourth-order valence-electron chi connectivity index (χ4n) is 5.12. The second-order valence-corrected chi connectivity index (χ2v) is 10.4. The molecule has 0 aromatic heterocycles. The van der Waals surface area contributed by atoms with E-state index in [2.05, 4.69) is 0 Å². The molecule has 0 spiro atoms. The number of carbonyl (C=O) groups excluding carboxylic acids is 1. The number of aliphatic hydroxyl groups excluding tert-OH is 6. The van der Waals surface area contributed by atoms with Crippen LogP contribution >= 0.6 is 0 Å². The minimum absolute atomic E-state index is 0.0941. The van der Waals surface area contributed by atoms with Crippen LogP contribution in [0.15, 0.2) is 30.3 Å². The van der Waals surface area contributed by atoms with Crippen molar-refractivity contribution in [3.63, 3.8) is 0 Å². The average Bonchev–Trinajstić information content (AvgIpc) is 2.95. The van der Waals surface area contributed by atoms with Gasteiger partial charge in [0.25, 0.3) is 0 Å². The van der Waals surface area contributed by atoms with Crippen molar-refractivity contribution in [3.05, 3.63) is 41.5 Å². The molecule has 42 heavy (non-hydrogen) atoms. The van der Waals surface area contributed by atoms with E-state index in [4.69, 9.17) is 23.7 Å². The van der Waals surface area contributed by atoms with E-state index in [9.17, 15) is 50.8 Å². The molecule has 15 heteroatoms. The van der Waals surface area contributed by atoms with Gasteiger partial charge in [0, 0.05) is 12.1 Å². The van der Waals surface area contributed by atoms with E-state index in [1.807, 2.05) is 0 Å². The number of carbonyl (C=O) groups is 1. The van der Waals surface area contributed by atoms with E-state index in [0.717, 1.165) is 6.07 Å². The Morgan fingerprint density at radius 3 is 2.26 bits per heavy atom. The van der Waals surface area contributed by atoms with Gasteiger partial charge in [-0.15, -0.1) is 0 Å². The smallest absolute Gasteiger partial charge is 0.229 e. The maximum Gasteiger partial charge on any atom is 0.229 e. The topological polar surface area (TPSA) is 245 Å². The van der Waals surface area contributed by atoms with Gasteiger partial charge in [-0.05, 0) is 24.6 Å². The Bertz CT molecular complexity index is 1300. The van der Waals surface area contributed by atoms with Gasteiger partial charge in [-0.3, -0.25) is 4.79 Å². The first kappa shape index (κ1) is 30.2. The first-order chi connectivity index (χ1) is 19.9. The SMILES string of the molecule is CC1O[C@@H](OC2[C@H](Oc3cc(O)c4c(c3)OC(c3ccc(O)c(O)c3)CC4=O)OC(CO)[C@@H](O)[C@@H]2O)C(O)[C@@H](O)[C@H]1O. The number of aliphatic hydroxyl groups is 6. The number of benzene rings is 2. The second-order valence-electron chi connectivity index (χ2n) is 10.4. The molecular formula is C27H32O15. The van der Waals surface area contributed by atoms with Crippen molar-refractivity contribution in [2.45, 2.75) is 80.9 Å². The van der Waals surface area contributed by atoms with Gasteiger partial charge in [-0.2, -0.15) is 0 Å². The first-order valence-corrected chi connectivity index (χ1v) is 13.1. The van der Waals surface area contributed by atoms with E-state index < -0.39 is 91.4 Å². The molecule has 3 heterocycles. The van der Waals surface area contributed by atoms with Gasteiger partial charge >= 0.3 is 0 Å². The van der Waals surface area contributed by atoms with Crippen molar-refractivity contribution in [2.75, 3.05) is 6.61 Å². The third-order valence-corrected chi connectivity index (χ3v) is 7.52. The van der Waals surface area contributed by atoms with Gasteiger partial charge < -0.3 is 69.6 Å². The maximum absolute atomic E-state index is 12.9. The monoisotopic (exact) mass is 596 g/mol. The third kappa shape index (κ3) is 5.58. The molecule has 230 valence electrons. The van der Waals surface area contributed by atoms with Crippen molar-refractivity contribution >= 4 is 5.78 Å². The molecule has 3 aliphatic heterocycles. The number of ketones is 1. The van der Waals surface area contributed by atoms with Crippen molar-refractivity contribution in [2.24, 2.45) is 0 Å². The summed E-state index contributed by atoms with van der Waals surface area (Å²) in [5.74, 6) is -2.02. The van der Waals surface area contributed by atoms with E-state index in [1.165, 1.54) is 31.2 Å². The van der Waals surface area contributed by atoms with Gasteiger partial charge in [0.15, 0.2) is 29.7 Å². The van der Waals surface area contributed by atoms with Gasteiger partial charge in [0.05, 0.1) is 19.1 Å². The number of Topliss-reactive ketones (excluding diaryl/α,β-unsaturated/α-hetero) is 1. The van der Waals surface area contributed by atoms with Crippen molar-refractivity contribution < 1.29 is 74.4 Å². The van der Waals surface area contributed by atoms with Gasteiger partial charge in [-0.25, -0.2) is 0 Å². The van der Waals surface area contributed by atoms with E-state index >= 15 is 0 Å². The molecule has 0 amide bonds. The van der Waals surface area contributed by atoms with Gasteiger partial charge in [-0.1, -0.05) is 6.07 Å². The third-order valence-electron chi connectivity index (χ3n) is 7.52. The lowest BCUT2D eigenvalue weighted by atomic mass is 9.95. The van der Waals surface area contributed by atoms with Crippen molar-refractivity contribution in [1.29, 1.82) is 0 Å². The Morgan fingerprint density at radius 2 is 1.57 bits per heavy atom. The lowest BCUT2D eigenvalue weighted by Crippen LogP contribution is -2.64. The largest absolute Gasteiger partial charge is 0.507 e. The number of hydrogen-bond acceptors (Lipinski definition) is 15. The number of fused-ring (bicyclic) bond motifs is 1. The number of phenolic OH excluding ortho intramolecular Hbond substituents is 3. The minimum atomic E-state index is -1.77. The molecule has 2 aromatic rings. The highest BCUT2D eigenvalue weighted by Crippen LogP contribution is 2.43. The summed E-state index contributed by atoms with van der Waals surface area (Å²) in [6.07, 6.45) is -16.5. The normalized spacial score (nSPS) is 36.6. The Hall–Kier alpha value is -3.25. The molecule has 0 saturated carbocycles. The lowest BCUT2D eigenvalue weighted by molar-refractivity contribution is -0.354. The molecule has 3 aliphatic rings. The quantitative estimate of drug-likeness (QED) is 0.173. The van der Waals surface area contributed by atoms with E-state index in [0.29, 0.717) is 5.56 Å². The predicted molar refractivity (Wildman–Crippen MR) is 136 cm³/mol. The standard InChI is InChI=1S/C27H32O15/c1-9-20(33)22(35)24(37)26(38-9)42-25-23(36)21(34)18(8-28)41-27(25)39-11-5-14(31)19-15(32)7-16(40-17(19)6-11)10-2-3-12(29)13(30)4-10/h2-6,9,16,18,20-31,33-37H,7-8H2,1H3/t9?,16?,18?,20-,21+,22-,23-,24?,25?,26-,27+/m0/s1. The van der Waals surface area contributed by atoms with Crippen LogP contribution in [0.4, 0.5) is 0 Å². The Kier molecular flexibility index (Phi) is 8.48. The number of hydrogen-bond donors (Lipinski definition) is 9. The van der Waals surface area contributed by atoms with E-state index in [1.54, 1.807) is 0 Å². The predicted octanol–water partition coefficient (Wildman–Crippen LogP) is -1.46. The average molecular weight is 597 g/mol. The molecule has 9 N–H and O–H groups in total. The molecule has 5 rings (SSSR count). The highest BCUT2D eigenvalue weighted by Gasteiger charge is 2.51. The minimum Gasteiger partial charge on any atom is -0.507 e. The van der Waals surface area contributed by atoms with E-state index in [-0.39, 0.29) is 29.2 Å². The number of rotatable bonds is 6. The lowest BCUT2D eigenvalue weighted by Gasteiger charge is -2.45. The van der Waals surface area contributed by atoms with Crippen LogP contribution in [0.1, 0.15) is 35.4 Å². The zero-order chi connectivity index (χ0) is 30.5. The van der Waals surface area contributed by atoms with Crippen LogP contribution in [-0.4, -0.2) is 120 Å². The van der Waals surface area contributed by atoms with Crippen molar-refractivity contribution in [1.82, 2.24) is 0 Å². The van der Waals surface area contributed by atoms with Crippen LogP contribution in [0.2, 0.25) is 0 Å². The molecule has 0 radical (unpaired) electrons. The summed E-state index contributed by atoms with van der Waals surface area (Å²) in [4.78, 5) is 12.9. The van der Waals surface area contributed by atoms with Crippen molar-refractivity contribution in [3.8, 4) is 28.7 Å². The summed E-state index contributed by atoms with van der Waals surface area (Å²) < 4.78 is 28.4. The van der Waals surface area contributed by atoms with Gasteiger partial charge in [0.2, 0.25) is 6.29 Å². The zero-order valence-corrected chi connectivity index (χ0v) is 22.1. The molecule has 2 fully saturated rings. The second kappa shape index (κ2) is 11.8. The molecule has 0 bridgehead atoms. The Morgan fingerprint density at radius 1 is 0.833 bits per heavy atom. The van der Waals surface area contributed by atoms with Crippen LogP contribution in [0, 0.1) is 0 Å². The summed E-state index contributed by atoms with van der Waals surface area (Å²) in [6.45, 7) is 0.683. The summed E-state index contributed by atoms with van der Waals surface area (Å²) >= 11 is 0. The van der Waals surface area contributed by atoms with Crippen LogP contribution in [0.3, 0.4) is 0 Å². The Balaban J connectivity index is 1.42. The summed E-state index contributed by atoms with van der Waals surface area (Å²) in [5, 5.41) is 91.6. The fourth-order valence-corrected chi connectivity index (χ4v) is 5.12. The maximum atomic E-state index is 12.9. The molecule has 5 unspecified atom stereocenters. The fraction of sp³-hybridized carbons (Fsp3) is 0.519. The van der Waals surface area contributed by atoms with Crippen LogP contribution in [0.25, 0.3) is 0 Å². The molecular weight excluding hydrogens is 564 g/mol. The van der Waals surface area contributed by atoms with Crippen LogP contribution < -0.4 is 9.47 Å². The Labute approximate surface area is 238 Å². The highest BCUT2D eigenvalue weighted by atomic mass is 16.8. The highest BCUT2D eigenvalue weighted by molar-refractivity contribution is 6.02. The number of ether oxygens (including phenoxy) is 5. The molecule has 2 saturated heterocycles. The summed E-state index contributed by atoms with van der Waals surface area (Å²) in [5.41, 5.74) is 0.234. The molecule has 0 aliphatic carbocycles. The summed E-state index contributed by atoms with van der Waals surface area (Å²) in [7, 11) is 0. The first-order valence-electron chi connectivity index (χ1n) is 13.1. The summed E-state index contributed by atoms with van der Waals surface area (Å²) in [6, 6.07) is 6.25.